The van der Waals surface area contributed by atoms with E-state index in [1.807, 2.05) is 13.8 Å². The van der Waals surface area contributed by atoms with Gasteiger partial charge in [-0.05, 0) is 37.7 Å². The molecule has 0 unspecified atom stereocenters. The van der Waals surface area contributed by atoms with E-state index in [0.717, 1.165) is 11.8 Å². The van der Waals surface area contributed by atoms with E-state index < -0.39 is 0 Å². The van der Waals surface area contributed by atoms with Crippen LogP contribution >= 0.6 is 35.0 Å². The van der Waals surface area contributed by atoms with Crippen LogP contribution in [0.4, 0.5) is 4.79 Å². The molecule has 0 fully saturated rings. The smallest absolute Gasteiger partial charge is 0.286 e. The molecule has 1 amide bonds. The summed E-state index contributed by atoms with van der Waals surface area (Å²) in [5.74, 6) is 0. The number of hydrogen-bond donors (Lipinski definition) is 0. The molecular weight excluding hydrogens is 265 g/mol. The van der Waals surface area contributed by atoms with Crippen LogP contribution in [0.1, 0.15) is 13.8 Å². The van der Waals surface area contributed by atoms with Gasteiger partial charge in [0.05, 0.1) is 14.9 Å². The van der Waals surface area contributed by atoms with Gasteiger partial charge in [0.25, 0.3) is 5.24 Å². The third kappa shape index (κ3) is 3.30. The van der Waals surface area contributed by atoms with E-state index >= 15 is 0 Å². The maximum atomic E-state index is 11.9. The number of thioether (sulfide) groups is 1. The van der Waals surface area contributed by atoms with Crippen molar-refractivity contribution in [3.05, 3.63) is 28.2 Å². The zero-order valence-corrected chi connectivity index (χ0v) is 11.5. The third-order valence-corrected chi connectivity index (χ3v) is 4.06. The topological polar surface area (TPSA) is 20.3 Å². The molecule has 0 aromatic heterocycles. The standard InChI is InChI=1S/C11H13Cl2NOS/c1-3-14(4-2)11(15)16-10-8(12)6-5-7-9(10)13/h5-7H,3-4H2,1-2H3. The lowest BCUT2D eigenvalue weighted by Gasteiger charge is -2.18. The summed E-state index contributed by atoms with van der Waals surface area (Å²) in [5, 5.41) is 0.996. The van der Waals surface area contributed by atoms with Crippen molar-refractivity contribution in [2.75, 3.05) is 13.1 Å². The molecule has 0 N–H and O–H groups in total. The predicted octanol–water partition coefficient (Wildman–Crippen LogP) is 4.55. The van der Waals surface area contributed by atoms with E-state index in [-0.39, 0.29) is 5.24 Å². The summed E-state index contributed by atoms with van der Waals surface area (Å²) in [7, 11) is 0. The van der Waals surface area contributed by atoms with Crippen molar-refractivity contribution in [2.24, 2.45) is 0 Å². The summed E-state index contributed by atoms with van der Waals surface area (Å²) < 4.78 is 0. The lowest BCUT2D eigenvalue weighted by molar-refractivity contribution is 0.228. The molecule has 0 saturated carbocycles. The van der Waals surface area contributed by atoms with Crippen molar-refractivity contribution in [1.82, 2.24) is 4.90 Å². The van der Waals surface area contributed by atoms with Crippen LogP contribution in [0.15, 0.2) is 23.1 Å². The molecule has 0 aliphatic rings. The first kappa shape index (κ1) is 13.7. The minimum Gasteiger partial charge on any atom is -0.334 e. The van der Waals surface area contributed by atoms with Gasteiger partial charge in [-0.3, -0.25) is 4.79 Å². The van der Waals surface area contributed by atoms with Crippen molar-refractivity contribution in [3.63, 3.8) is 0 Å². The molecule has 2 nitrogen and oxygen atoms in total. The highest BCUT2D eigenvalue weighted by molar-refractivity contribution is 8.13. The fourth-order valence-corrected chi connectivity index (χ4v) is 2.74. The number of rotatable bonds is 3. The molecule has 1 rings (SSSR count). The van der Waals surface area contributed by atoms with Gasteiger partial charge in [-0.1, -0.05) is 29.3 Å². The number of carbonyl (C=O) groups is 1. The molecule has 0 aliphatic heterocycles. The third-order valence-electron chi connectivity index (χ3n) is 2.13. The Balaban J connectivity index is 2.84. The number of nitrogens with zero attached hydrogens (tertiary/aromatic N) is 1. The Labute approximate surface area is 110 Å². The van der Waals surface area contributed by atoms with Gasteiger partial charge in [0, 0.05) is 13.1 Å². The first-order chi connectivity index (χ1) is 7.60. The number of halogens is 2. The molecule has 0 radical (unpaired) electrons. The average Bonchev–Trinajstić information content (AvgIpc) is 2.25. The monoisotopic (exact) mass is 277 g/mol. The predicted molar refractivity (Wildman–Crippen MR) is 70.6 cm³/mol. The fraction of sp³-hybridized carbons (Fsp3) is 0.364. The van der Waals surface area contributed by atoms with E-state index in [1.54, 1.807) is 23.1 Å². The van der Waals surface area contributed by atoms with Crippen molar-refractivity contribution in [1.29, 1.82) is 0 Å². The van der Waals surface area contributed by atoms with Crippen LogP contribution in [0.5, 0.6) is 0 Å². The maximum absolute atomic E-state index is 11.9. The van der Waals surface area contributed by atoms with Gasteiger partial charge in [-0.25, -0.2) is 0 Å². The van der Waals surface area contributed by atoms with Crippen LogP contribution in [-0.4, -0.2) is 23.2 Å². The van der Waals surface area contributed by atoms with Crippen LogP contribution in [0.25, 0.3) is 0 Å². The second-order valence-corrected chi connectivity index (χ2v) is 4.87. The Morgan fingerprint density at radius 2 is 1.75 bits per heavy atom. The van der Waals surface area contributed by atoms with Gasteiger partial charge in [0.15, 0.2) is 0 Å². The summed E-state index contributed by atoms with van der Waals surface area (Å²) in [6, 6.07) is 5.22. The summed E-state index contributed by atoms with van der Waals surface area (Å²) in [4.78, 5) is 14.2. The van der Waals surface area contributed by atoms with Gasteiger partial charge in [0.2, 0.25) is 0 Å². The van der Waals surface area contributed by atoms with Crippen LogP contribution in [0, 0.1) is 0 Å². The molecule has 1 aromatic carbocycles. The average molecular weight is 278 g/mol. The zero-order valence-electron chi connectivity index (χ0n) is 9.17. The molecule has 0 heterocycles. The maximum Gasteiger partial charge on any atom is 0.286 e. The van der Waals surface area contributed by atoms with Crippen molar-refractivity contribution in [2.45, 2.75) is 18.7 Å². The lowest BCUT2D eigenvalue weighted by Crippen LogP contribution is -2.26. The van der Waals surface area contributed by atoms with E-state index in [4.69, 9.17) is 23.2 Å². The SMILES string of the molecule is CCN(CC)C(=O)Sc1c(Cl)cccc1Cl. The van der Waals surface area contributed by atoms with E-state index in [0.29, 0.717) is 28.0 Å². The van der Waals surface area contributed by atoms with Crippen LogP contribution < -0.4 is 0 Å². The number of amides is 1. The number of benzene rings is 1. The molecule has 16 heavy (non-hydrogen) atoms. The van der Waals surface area contributed by atoms with Gasteiger partial charge < -0.3 is 4.90 Å². The normalized spacial score (nSPS) is 10.2. The zero-order chi connectivity index (χ0) is 12.1. The highest BCUT2D eigenvalue weighted by atomic mass is 35.5. The first-order valence-electron chi connectivity index (χ1n) is 5.00. The Hall–Kier alpha value is -0.380. The molecule has 0 aliphatic carbocycles. The molecule has 0 bridgehead atoms. The summed E-state index contributed by atoms with van der Waals surface area (Å²) in [6.07, 6.45) is 0. The van der Waals surface area contributed by atoms with Gasteiger partial charge in [0.1, 0.15) is 0 Å². The number of carbonyl (C=O) groups excluding carboxylic acids is 1. The highest BCUT2D eigenvalue weighted by Gasteiger charge is 2.15. The summed E-state index contributed by atoms with van der Waals surface area (Å²) in [6.45, 7) is 5.25. The molecule has 1 aromatic rings. The molecule has 88 valence electrons. The molecular formula is C11H13Cl2NOS. The Morgan fingerprint density at radius 1 is 1.25 bits per heavy atom. The largest absolute Gasteiger partial charge is 0.334 e. The van der Waals surface area contributed by atoms with E-state index in [9.17, 15) is 4.79 Å². The van der Waals surface area contributed by atoms with Gasteiger partial charge >= 0.3 is 0 Å². The van der Waals surface area contributed by atoms with Crippen LogP contribution in [-0.2, 0) is 0 Å². The fourth-order valence-electron chi connectivity index (χ4n) is 1.21. The first-order valence-corrected chi connectivity index (χ1v) is 6.58. The summed E-state index contributed by atoms with van der Waals surface area (Å²) in [5.41, 5.74) is 0. The highest BCUT2D eigenvalue weighted by Crippen LogP contribution is 2.35. The van der Waals surface area contributed by atoms with Crippen molar-refractivity contribution >= 4 is 40.2 Å². The molecule has 5 heteroatoms. The van der Waals surface area contributed by atoms with Crippen molar-refractivity contribution in [3.8, 4) is 0 Å². The minimum absolute atomic E-state index is 0.0278. The van der Waals surface area contributed by atoms with E-state index in [2.05, 4.69) is 0 Å². The minimum atomic E-state index is -0.0278. The number of hydrogen-bond acceptors (Lipinski definition) is 2. The second kappa shape index (κ2) is 6.38. The Kier molecular flexibility index (Phi) is 5.46. The second-order valence-electron chi connectivity index (χ2n) is 3.09. The molecule has 0 saturated heterocycles. The lowest BCUT2D eigenvalue weighted by atomic mass is 10.4. The Bertz CT molecular complexity index is 360. The quantitative estimate of drug-likeness (QED) is 0.756. The van der Waals surface area contributed by atoms with Crippen LogP contribution in [0.2, 0.25) is 10.0 Å². The van der Waals surface area contributed by atoms with Crippen molar-refractivity contribution < 1.29 is 4.79 Å². The van der Waals surface area contributed by atoms with Gasteiger partial charge in [-0.2, -0.15) is 0 Å². The van der Waals surface area contributed by atoms with Crippen LogP contribution in [0.3, 0.4) is 0 Å². The van der Waals surface area contributed by atoms with E-state index in [1.165, 1.54) is 0 Å². The molecule has 0 atom stereocenters. The summed E-state index contributed by atoms with van der Waals surface area (Å²) >= 11 is 13.1. The molecule has 0 spiro atoms. The Morgan fingerprint density at radius 3 is 2.19 bits per heavy atom. The van der Waals surface area contributed by atoms with Gasteiger partial charge in [-0.15, -0.1) is 0 Å².